The van der Waals surface area contributed by atoms with E-state index in [2.05, 4.69) is 18.2 Å². The molecule has 1 atom stereocenters. The lowest BCUT2D eigenvalue weighted by Crippen LogP contribution is -2.19. The minimum absolute atomic E-state index is 0.191. The number of halogens is 1. The number of benzene rings is 2. The summed E-state index contributed by atoms with van der Waals surface area (Å²) in [6, 6.07) is 12.0. The van der Waals surface area contributed by atoms with Crippen molar-refractivity contribution in [3.63, 3.8) is 0 Å². The van der Waals surface area contributed by atoms with E-state index in [0.717, 1.165) is 5.56 Å². The first-order valence-electron chi connectivity index (χ1n) is 6.27. The van der Waals surface area contributed by atoms with Crippen molar-refractivity contribution in [3.8, 4) is 5.75 Å². The molecule has 0 bridgehead atoms. The van der Waals surface area contributed by atoms with Gasteiger partial charge in [-0.05, 0) is 43.7 Å². The van der Waals surface area contributed by atoms with Crippen LogP contribution in [0.4, 0.5) is 4.39 Å². The van der Waals surface area contributed by atoms with E-state index >= 15 is 0 Å². The summed E-state index contributed by atoms with van der Waals surface area (Å²) in [6.07, 6.45) is 0. The van der Waals surface area contributed by atoms with Gasteiger partial charge in [-0.1, -0.05) is 29.3 Å². The smallest absolute Gasteiger partial charge is 0.123 e. The summed E-state index contributed by atoms with van der Waals surface area (Å²) in [5.74, 6) is 0.354. The number of nitrogens with two attached hydrogens (primary N) is 1. The molecule has 2 aromatic carbocycles. The van der Waals surface area contributed by atoms with Gasteiger partial charge in [-0.15, -0.1) is 0 Å². The lowest BCUT2D eigenvalue weighted by Gasteiger charge is -2.15. The van der Waals surface area contributed by atoms with E-state index in [1.807, 2.05) is 13.8 Å². The lowest BCUT2D eigenvalue weighted by molar-refractivity contribution is 0.290. The van der Waals surface area contributed by atoms with Crippen LogP contribution >= 0.6 is 0 Å². The molecule has 0 fully saturated rings. The largest absolute Gasteiger partial charge is 0.492 e. The van der Waals surface area contributed by atoms with Crippen molar-refractivity contribution < 1.29 is 9.13 Å². The highest BCUT2D eigenvalue weighted by Crippen LogP contribution is 2.17. The average Bonchev–Trinajstić information content (AvgIpc) is 2.36. The van der Waals surface area contributed by atoms with Gasteiger partial charge in [-0.3, -0.25) is 0 Å². The van der Waals surface area contributed by atoms with E-state index in [1.165, 1.54) is 23.3 Å². The zero-order valence-electron chi connectivity index (χ0n) is 11.2. The maximum absolute atomic E-state index is 12.8. The third kappa shape index (κ3) is 3.80. The van der Waals surface area contributed by atoms with Crippen LogP contribution < -0.4 is 10.5 Å². The molecule has 3 heteroatoms. The Hall–Kier alpha value is -1.87. The maximum atomic E-state index is 12.8. The SMILES string of the molecule is Cc1cc(C)cc(C(N)COc2ccc(F)cc2)c1. The number of ether oxygens (including phenoxy) is 1. The summed E-state index contributed by atoms with van der Waals surface area (Å²) in [4.78, 5) is 0. The van der Waals surface area contributed by atoms with Gasteiger partial charge in [0, 0.05) is 0 Å². The normalized spacial score (nSPS) is 12.2. The lowest BCUT2D eigenvalue weighted by atomic mass is 10.0. The molecule has 0 radical (unpaired) electrons. The first-order chi connectivity index (χ1) is 9.04. The Labute approximate surface area is 113 Å². The molecular weight excluding hydrogens is 241 g/mol. The van der Waals surface area contributed by atoms with E-state index in [4.69, 9.17) is 10.5 Å². The fourth-order valence-corrected chi connectivity index (χ4v) is 2.04. The summed E-state index contributed by atoms with van der Waals surface area (Å²) in [5.41, 5.74) is 9.54. The highest BCUT2D eigenvalue weighted by atomic mass is 19.1. The summed E-state index contributed by atoms with van der Waals surface area (Å²) < 4.78 is 18.3. The van der Waals surface area contributed by atoms with Crippen LogP contribution in [0.15, 0.2) is 42.5 Å². The zero-order chi connectivity index (χ0) is 13.8. The van der Waals surface area contributed by atoms with Gasteiger partial charge in [0.1, 0.15) is 18.2 Å². The molecule has 0 heterocycles. The summed E-state index contributed by atoms with van der Waals surface area (Å²) >= 11 is 0. The molecule has 0 aromatic heterocycles. The highest BCUT2D eigenvalue weighted by Gasteiger charge is 2.08. The van der Waals surface area contributed by atoms with Crippen LogP contribution in [0.2, 0.25) is 0 Å². The standard InChI is InChI=1S/C16H18FNO/c1-11-7-12(2)9-13(8-11)16(18)10-19-15-5-3-14(17)4-6-15/h3-9,16H,10,18H2,1-2H3. The molecule has 0 aliphatic heterocycles. The molecule has 2 rings (SSSR count). The number of hydrogen-bond acceptors (Lipinski definition) is 2. The van der Waals surface area contributed by atoms with Gasteiger partial charge < -0.3 is 10.5 Å². The van der Waals surface area contributed by atoms with Gasteiger partial charge in [-0.25, -0.2) is 4.39 Å². The Bertz CT molecular complexity index is 531. The van der Waals surface area contributed by atoms with Gasteiger partial charge >= 0.3 is 0 Å². The Morgan fingerprint density at radius 2 is 1.63 bits per heavy atom. The van der Waals surface area contributed by atoms with Crippen LogP contribution in [0.25, 0.3) is 0 Å². The van der Waals surface area contributed by atoms with Crippen molar-refractivity contribution in [2.45, 2.75) is 19.9 Å². The van der Waals surface area contributed by atoms with E-state index in [9.17, 15) is 4.39 Å². The Balaban J connectivity index is 2.00. The van der Waals surface area contributed by atoms with Crippen LogP contribution in [0.5, 0.6) is 5.75 Å². The Kier molecular flexibility index (Phi) is 4.17. The zero-order valence-corrected chi connectivity index (χ0v) is 11.2. The molecule has 1 unspecified atom stereocenters. The molecule has 100 valence electrons. The predicted octanol–water partition coefficient (Wildman–Crippen LogP) is 3.52. The second-order valence-corrected chi connectivity index (χ2v) is 4.79. The Morgan fingerprint density at radius 1 is 1.05 bits per heavy atom. The van der Waals surface area contributed by atoms with E-state index in [1.54, 1.807) is 12.1 Å². The van der Waals surface area contributed by atoms with Gasteiger partial charge in [0.15, 0.2) is 0 Å². The number of hydrogen-bond donors (Lipinski definition) is 1. The maximum Gasteiger partial charge on any atom is 0.123 e. The molecule has 0 saturated carbocycles. The molecule has 0 saturated heterocycles. The monoisotopic (exact) mass is 259 g/mol. The second-order valence-electron chi connectivity index (χ2n) is 4.79. The molecular formula is C16H18FNO. The van der Waals surface area contributed by atoms with Gasteiger partial charge in [-0.2, -0.15) is 0 Å². The van der Waals surface area contributed by atoms with Crippen molar-refractivity contribution in [1.29, 1.82) is 0 Å². The second kappa shape index (κ2) is 5.85. The molecule has 0 amide bonds. The van der Waals surface area contributed by atoms with Crippen LogP contribution in [-0.2, 0) is 0 Å². The fraction of sp³-hybridized carbons (Fsp3) is 0.250. The third-order valence-electron chi connectivity index (χ3n) is 2.92. The first kappa shape index (κ1) is 13.6. The quantitative estimate of drug-likeness (QED) is 0.911. The van der Waals surface area contributed by atoms with Gasteiger partial charge in [0.2, 0.25) is 0 Å². The van der Waals surface area contributed by atoms with Gasteiger partial charge in [0.05, 0.1) is 6.04 Å². The molecule has 19 heavy (non-hydrogen) atoms. The molecule has 2 N–H and O–H groups in total. The molecule has 0 aliphatic carbocycles. The minimum atomic E-state index is -0.272. The van der Waals surface area contributed by atoms with Crippen LogP contribution in [0, 0.1) is 19.7 Å². The number of aryl methyl sites for hydroxylation is 2. The number of rotatable bonds is 4. The highest BCUT2D eigenvalue weighted by molar-refractivity contribution is 5.31. The summed E-state index contributed by atoms with van der Waals surface area (Å²) in [5, 5.41) is 0. The van der Waals surface area contributed by atoms with Crippen molar-refractivity contribution in [1.82, 2.24) is 0 Å². The summed E-state index contributed by atoms with van der Waals surface area (Å²) in [6.45, 7) is 4.46. The molecule has 0 aliphatic rings. The fourth-order valence-electron chi connectivity index (χ4n) is 2.04. The van der Waals surface area contributed by atoms with Crippen LogP contribution in [-0.4, -0.2) is 6.61 Å². The van der Waals surface area contributed by atoms with Crippen LogP contribution in [0.1, 0.15) is 22.7 Å². The predicted molar refractivity (Wildman–Crippen MR) is 74.7 cm³/mol. The minimum Gasteiger partial charge on any atom is -0.492 e. The molecule has 2 aromatic rings. The average molecular weight is 259 g/mol. The van der Waals surface area contributed by atoms with Gasteiger partial charge in [0.25, 0.3) is 0 Å². The summed E-state index contributed by atoms with van der Waals surface area (Å²) in [7, 11) is 0. The topological polar surface area (TPSA) is 35.2 Å². The van der Waals surface area contributed by atoms with Crippen molar-refractivity contribution in [2.75, 3.05) is 6.61 Å². The Morgan fingerprint density at radius 3 is 2.21 bits per heavy atom. The first-order valence-corrected chi connectivity index (χ1v) is 6.27. The molecule has 0 spiro atoms. The van der Waals surface area contributed by atoms with Crippen molar-refractivity contribution in [3.05, 3.63) is 65.0 Å². The van der Waals surface area contributed by atoms with Crippen molar-refractivity contribution in [2.24, 2.45) is 5.73 Å². The molecule has 2 nitrogen and oxygen atoms in total. The van der Waals surface area contributed by atoms with Crippen LogP contribution in [0.3, 0.4) is 0 Å². The third-order valence-corrected chi connectivity index (χ3v) is 2.92. The van der Waals surface area contributed by atoms with E-state index < -0.39 is 0 Å². The van der Waals surface area contributed by atoms with E-state index in [-0.39, 0.29) is 11.9 Å². The van der Waals surface area contributed by atoms with E-state index in [0.29, 0.717) is 12.4 Å². The van der Waals surface area contributed by atoms with Crippen molar-refractivity contribution >= 4 is 0 Å².